The summed E-state index contributed by atoms with van der Waals surface area (Å²) in [5.41, 5.74) is 5.61. The summed E-state index contributed by atoms with van der Waals surface area (Å²) in [7, 11) is 0. The Kier molecular flexibility index (Phi) is 10.9. The number of rotatable bonds is 11. The van der Waals surface area contributed by atoms with Gasteiger partial charge < -0.3 is 5.73 Å². The Balaban J connectivity index is 3.69. The van der Waals surface area contributed by atoms with Gasteiger partial charge in [-0.15, -0.1) is 6.58 Å². The molecule has 0 fully saturated rings. The smallest absolute Gasteiger partial charge is 0.0160 e. The van der Waals surface area contributed by atoms with Crippen molar-refractivity contribution in [2.45, 2.75) is 46.0 Å². The Labute approximate surface area is 102 Å². The lowest BCUT2D eigenvalue weighted by molar-refractivity contribution is 0.282. The average molecular weight is 226 g/mol. The van der Waals surface area contributed by atoms with Crippen molar-refractivity contribution in [2.75, 3.05) is 26.2 Å². The van der Waals surface area contributed by atoms with Gasteiger partial charge in [-0.2, -0.15) is 0 Å². The minimum atomic E-state index is 0.831. The van der Waals surface area contributed by atoms with Crippen molar-refractivity contribution in [3.05, 3.63) is 12.7 Å². The van der Waals surface area contributed by atoms with E-state index in [1.165, 1.54) is 45.2 Å². The highest BCUT2D eigenvalue weighted by atomic mass is 15.1. The van der Waals surface area contributed by atoms with E-state index in [2.05, 4.69) is 25.3 Å². The molecule has 1 atom stereocenters. The van der Waals surface area contributed by atoms with Crippen molar-refractivity contribution in [3.63, 3.8) is 0 Å². The van der Waals surface area contributed by atoms with Gasteiger partial charge in [0.15, 0.2) is 0 Å². The van der Waals surface area contributed by atoms with E-state index in [1.54, 1.807) is 0 Å². The van der Waals surface area contributed by atoms with Gasteiger partial charge >= 0.3 is 0 Å². The van der Waals surface area contributed by atoms with Crippen molar-refractivity contribution < 1.29 is 0 Å². The lowest BCUT2D eigenvalue weighted by atomic mass is 9.96. The Morgan fingerprint density at radius 1 is 1.25 bits per heavy atom. The number of nitrogens with two attached hydrogens (primary N) is 1. The lowest BCUT2D eigenvalue weighted by Gasteiger charge is -2.21. The van der Waals surface area contributed by atoms with E-state index in [4.69, 9.17) is 5.73 Å². The SMILES string of the molecule is C=CCN(CCC)CCCC(CC)CCN. The first-order valence-corrected chi connectivity index (χ1v) is 6.81. The van der Waals surface area contributed by atoms with Crippen LogP contribution in [0.3, 0.4) is 0 Å². The fraction of sp³-hybridized carbons (Fsp3) is 0.857. The summed E-state index contributed by atoms with van der Waals surface area (Å²) in [6.45, 7) is 12.6. The molecule has 0 aromatic rings. The first-order chi connectivity index (χ1) is 7.78. The maximum absolute atomic E-state index is 5.61. The van der Waals surface area contributed by atoms with Crippen LogP contribution in [0, 0.1) is 5.92 Å². The Morgan fingerprint density at radius 3 is 2.50 bits per heavy atom. The van der Waals surface area contributed by atoms with Crippen LogP contribution in [-0.2, 0) is 0 Å². The normalized spacial score (nSPS) is 13.0. The largest absolute Gasteiger partial charge is 0.330 e. The Hall–Kier alpha value is -0.340. The summed E-state index contributed by atoms with van der Waals surface area (Å²) < 4.78 is 0. The second kappa shape index (κ2) is 11.2. The summed E-state index contributed by atoms with van der Waals surface area (Å²) >= 11 is 0. The summed E-state index contributed by atoms with van der Waals surface area (Å²) in [5.74, 6) is 0.831. The van der Waals surface area contributed by atoms with Crippen molar-refractivity contribution >= 4 is 0 Å². The molecule has 0 saturated carbocycles. The zero-order valence-corrected chi connectivity index (χ0v) is 11.3. The van der Waals surface area contributed by atoms with E-state index in [0.717, 1.165) is 19.0 Å². The zero-order valence-electron chi connectivity index (χ0n) is 11.3. The maximum atomic E-state index is 5.61. The van der Waals surface area contributed by atoms with Crippen LogP contribution in [-0.4, -0.2) is 31.1 Å². The number of hydrogen-bond donors (Lipinski definition) is 1. The molecule has 0 aliphatic carbocycles. The van der Waals surface area contributed by atoms with Crippen molar-refractivity contribution in [1.82, 2.24) is 4.90 Å². The highest BCUT2D eigenvalue weighted by molar-refractivity contribution is 4.73. The summed E-state index contributed by atoms with van der Waals surface area (Å²) in [6, 6.07) is 0. The molecule has 0 aliphatic heterocycles. The molecule has 2 N–H and O–H groups in total. The third-order valence-corrected chi connectivity index (χ3v) is 3.17. The lowest BCUT2D eigenvalue weighted by Crippen LogP contribution is -2.26. The van der Waals surface area contributed by atoms with Crippen molar-refractivity contribution in [3.8, 4) is 0 Å². The monoisotopic (exact) mass is 226 g/mol. The second-order valence-electron chi connectivity index (χ2n) is 4.58. The van der Waals surface area contributed by atoms with E-state index < -0.39 is 0 Å². The zero-order chi connectivity index (χ0) is 12.2. The Bertz CT molecular complexity index is 157. The van der Waals surface area contributed by atoms with Crippen LogP contribution in [0.4, 0.5) is 0 Å². The minimum Gasteiger partial charge on any atom is -0.330 e. The van der Waals surface area contributed by atoms with Gasteiger partial charge in [0.2, 0.25) is 0 Å². The van der Waals surface area contributed by atoms with Gasteiger partial charge in [-0.1, -0.05) is 26.3 Å². The molecule has 0 aliphatic rings. The van der Waals surface area contributed by atoms with Crippen LogP contribution in [0.25, 0.3) is 0 Å². The van der Waals surface area contributed by atoms with Crippen LogP contribution in [0.2, 0.25) is 0 Å². The highest BCUT2D eigenvalue weighted by Crippen LogP contribution is 2.14. The molecule has 0 radical (unpaired) electrons. The predicted octanol–water partition coefficient (Wildman–Crippen LogP) is 3.04. The summed E-state index contributed by atoms with van der Waals surface area (Å²) in [4.78, 5) is 2.49. The molecule has 0 saturated heterocycles. The Morgan fingerprint density at radius 2 is 2.00 bits per heavy atom. The van der Waals surface area contributed by atoms with Gasteiger partial charge in [-0.25, -0.2) is 0 Å². The van der Waals surface area contributed by atoms with Crippen LogP contribution < -0.4 is 5.73 Å². The van der Waals surface area contributed by atoms with Gasteiger partial charge in [0.1, 0.15) is 0 Å². The molecular formula is C14H30N2. The first kappa shape index (κ1) is 15.7. The molecule has 0 spiro atoms. The standard InChI is InChI=1S/C14H30N2/c1-4-11-16(12-5-2)13-7-8-14(6-3)9-10-15/h4,14H,1,5-13,15H2,2-3H3. The third-order valence-electron chi connectivity index (χ3n) is 3.17. The van der Waals surface area contributed by atoms with Crippen molar-refractivity contribution in [1.29, 1.82) is 0 Å². The van der Waals surface area contributed by atoms with Gasteiger partial charge in [0.25, 0.3) is 0 Å². The van der Waals surface area contributed by atoms with E-state index in [-0.39, 0.29) is 0 Å². The van der Waals surface area contributed by atoms with Gasteiger partial charge in [-0.3, -0.25) is 4.90 Å². The molecule has 0 aromatic carbocycles. The summed E-state index contributed by atoms with van der Waals surface area (Å²) in [6.07, 6.45) is 8.32. The number of hydrogen-bond acceptors (Lipinski definition) is 2. The molecule has 0 amide bonds. The molecule has 2 heteroatoms. The van der Waals surface area contributed by atoms with Crippen LogP contribution in [0.15, 0.2) is 12.7 Å². The molecule has 0 bridgehead atoms. The highest BCUT2D eigenvalue weighted by Gasteiger charge is 2.06. The van der Waals surface area contributed by atoms with E-state index in [9.17, 15) is 0 Å². The molecule has 0 heterocycles. The second-order valence-corrected chi connectivity index (χ2v) is 4.58. The van der Waals surface area contributed by atoms with Crippen LogP contribution >= 0.6 is 0 Å². The van der Waals surface area contributed by atoms with E-state index in [1.807, 2.05) is 6.08 Å². The maximum Gasteiger partial charge on any atom is 0.0160 e. The van der Waals surface area contributed by atoms with E-state index in [0.29, 0.717) is 0 Å². The fourth-order valence-electron chi connectivity index (χ4n) is 2.19. The molecule has 2 nitrogen and oxygen atoms in total. The van der Waals surface area contributed by atoms with Gasteiger partial charge in [0, 0.05) is 6.54 Å². The van der Waals surface area contributed by atoms with Gasteiger partial charge in [-0.05, 0) is 51.2 Å². The van der Waals surface area contributed by atoms with Gasteiger partial charge in [0.05, 0.1) is 0 Å². The fourth-order valence-corrected chi connectivity index (χ4v) is 2.19. The molecule has 16 heavy (non-hydrogen) atoms. The third kappa shape index (κ3) is 7.89. The summed E-state index contributed by atoms with van der Waals surface area (Å²) in [5, 5.41) is 0. The average Bonchev–Trinajstić information content (AvgIpc) is 2.28. The molecule has 0 aromatic heterocycles. The molecular weight excluding hydrogens is 196 g/mol. The van der Waals surface area contributed by atoms with E-state index >= 15 is 0 Å². The first-order valence-electron chi connectivity index (χ1n) is 6.81. The predicted molar refractivity (Wildman–Crippen MR) is 73.6 cm³/mol. The molecule has 0 rings (SSSR count). The number of nitrogens with zero attached hydrogens (tertiary/aromatic N) is 1. The van der Waals surface area contributed by atoms with Crippen LogP contribution in [0.5, 0.6) is 0 Å². The molecule has 96 valence electrons. The minimum absolute atomic E-state index is 0.831. The van der Waals surface area contributed by atoms with Crippen LogP contribution in [0.1, 0.15) is 46.0 Å². The molecule has 1 unspecified atom stereocenters. The topological polar surface area (TPSA) is 29.3 Å². The quantitative estimate of drug-likeness (QED) is 0.549. The van der Waals surface area contributed by atoms with Crippen molar-refractivity contribution in [2.24, 2.45) is 11.7 Å².